The van der Waals surface area contributed by atoms with E-state index in [0.29, 0.717) is 5.92 Å². The number of rotatable bonds is 0. The van der Waals surface area contributed by atoms with Crippen molar-refractivity contribution < 1.29 is 9.53 Å². The first kappa shape index (κ1) is 7.14. The zero-order chi connectivity index (χ0) is 8.06. The fraction of sp³-hybridized carbons (Fsp3) is 0.889. The van der Waals surface area contributed by atoms with Gasteiger partial charge in [0.25, 0.3) is 0 Å². The maximum Gasteiger partial charge on any atom is 0.312 e. The van der Waals surface area contributed by atoms with E-state index < -0.39 is 0 Å². The highest BCUT2D eigenvalue weighted by molar-refractivity contribution is 5.78. The van der Waals surface area contributed by atoms with Crippen LogP contribution >= 0.6 is 0 Å². The van der Waals surface area contributed by atoms with Gasteiger partial charge in [0.05, 0.1) is 5.41 Å². The van der Waals surface area contributed by atoms with E-state index in [-0.39, 0.29) is 17.5 Å². The number of hydrogen-bond donors (Lipinski definition) is 0. The van der Waals surface area contributed by atoms with Crippen molar-refractivity contribution in [1.82, 2.24) is 0 Å². The summed E-state index contributed by atoms with van der Waals surface area (Å²) >= 11 is 0. The maximum atomic E-state index is 11.3. The van der Waals surface area contributed by atoms with Crippen LogP contribution in [0, 0.1) is 11.3 Å². The van der Waals surface area contributed by atoms with Gasteiger partial charge in [0.1, 0.15) is 6.10 Å². The van der Waals surface area contributed by atoms with Crippen molar-refractivity contribution in [3.05, 3.63) is 0 Å². The Kier molecular flexibility index (Phi) is 1.29. The number of hydrogen-bond acceptors (Lipinski definition) is 2. The van der Waals surface area contributed by atoms with E-state index in [9.17, 15) is 4.79 Å². The number of ether oxygens (including phenoxy) is 1. The molecule has 0 amide bonds. The summed E-state index contributed by atoms with van der Waals surface area (Å²) in [5.41, 5.74) is -0.207. The third-order valence-electron chi connectivity index (χ3n) is 3.16. The SMILES string of the molecule is CC1(C)C(=O)OC2CCCC21. The largest absolute Gasteiger partial charge is 0.462 e. The van der Waals surface area contributed by atoms with Crippen molar-refractivity contribution in [3.63, 3.8) is 0 Å². The lowest BCUT2D eigenvalue weighted by atomic mass is 9.79. The summed E-state index contributed by atoms with van der Waals surface area (Å²) in [4.78, 5) is 11.3. The second-order valence-electron chi connectivity index (χ2n) is 4.20. The smallest absolute Gasteiger partial charge is 0.312 e. The summed E-state index contributed by atoms with van der Waals surface area (Å²) in [6.45, 7) is 4.01. The molecule has 2 fully saturated rings. The van der Waals surface area contributed by atoms with E-state index in [4.69, 9.17) is 4.74 Å². The molecular weight excluding hydrogens is 140 g/mol. The van der Waals surface area contributed by atoms with Gasteiger partial charge in [-0.2, -0.15) is 0 Å². The number of carbonyl (C=O) groups excluding carboxylic acids is 1. The normalized spacial score (nSPS) is 40.4. The Hall–Kier alpha value is -0.530. The van der Waals surface area contributed by atoms with Crippen molar-refractivity contribution in [1.29, 1.82) is 0 Å². The van der Waals surface area contributed by atoms with Crippen LogP contribution in [0.15, 0.2) is 0 Å². The lowest BCUT2D eigenvalue weighted by Crippen LogP contribution is -2.25. The van der Waals surface area contributed by atoms with Crippen LogP contribution in [0.5, 0.6) is 0 Å². The molecule has 2 heteroatoms. The molecule has 1 aliphatic heterocycles. The number of esters is 1. The van der Waals surface area contributed by atoms with E-state index in [2.05, 4.69) is 0 Å². The molecule has 2 aliphatic rings. The van der Waals surface area contributed by atoms with Crippen LogP contribution in [0.1, 0.15) is 33.1 Å². The van der Waals surface area contributed by atoms with Gasteiger partial charge in [-0.05, 0) is 33.1 Å². The highest BCUT2D eigenvalue weighted by Gasteiger charge is 2.52. The first-order valence-electron chi connectivity index (χ1n) is 4.33. The monoisotopic (exact) mass is 154 g/mol. The van der Waals surface area contributed by atoms with Crippen molar-refractivity contribution in [2.75, 3.05) is 0 Å². The molecule has 2 unspecified atom stereocenters. The fourth-order valence-corrected chi connectivity index (χ4v) is 2.33. The summed E-state index contributed by atoms with van der Waals surface area (Å²) < 4.78 is 5.26. The highest BCUT2D eigenvalue weighted by atomic mass is 16.6. The summed E-state index contributed by atoms with van der Waals surface area (Å²) in [5, 5.41) is 0. The van der Waals surface area contributed by atoms with Crippen LogP contribution in [-0.2, 0) is 9.53 Å². The van der Waals surface area contributed by atoms with Gasteiger partial charge in [0.2, 0.25) is 0 Å². The molecule has 0 N–H and O–H groups in total. The van der Waals surface area contributed by atoms with Gasteiger partial charge in [-0.25, -0.2) is 0 Å². The fourth-order valence-electron chi connectivity index (χ4n) is 2.33. The zero-order valence-corrected chi connectivity index (χ0v) is 7.09. The molecule has 2 atom stereocenters. The average Bonchev–Trinajstić information content (AvgIpc) is 2.41. The Labute approximate surface area is 66.9 Å². The van der Waals surface area contributed by atoms with Gasteiger partial charge in [-0.15, -0.1) is 0 Å². The van der Waals surface area contributed by atoms with Crippen LogP contribution in [0.3, 0.4) is 0 Å². The Morgan fingerprint density at radius 2 is 2.18 bits per heavy atom. The second-order valence-corrected chi connectivity index (χ2v) is 4.20. The Morgan fingerprint density at radius 3 is 2.82 bits per heavy atom. The van der Waals surface area contributed by atoms with Gasteiger partial charge < -0.3 is 4.74 Å². The van der Waals surface area contributed by atoms with Gasteiger partial charge in [-0.1, -0.05) is 0 Å². The second kappa shape index (κ2) is 1.99. The number of carbonyl (C=O) groups is 1. The first-order valence-corrected chi connectivity index (χ1v) is 4.33. The van der Waals surface area contributed by atoms with Crippen molar-refractivity contribution in [2.45, 2.75) is 39.2 Å². The standard InChI is InChI=1S/C9H14O2/c1-9(2)6-4-3-5-7(6)11-8(9)10/h6-7H,3-5H2,1-2H3. The molecule has 1 saturated heterocycles. The maximum absolute atomic E-state index is 11.3. The molecule has 1 saturated carbocycles. The minimum absolute atomic E-state index is 0.00667. The molecule has 0 aromatic carbocycles. The van der Waals surface area contributed by atoms with Crippen LogP contribution < -0.4 is 0 Å². The molecule has 0 spiro atoms. The lowest BCUT2D eigenvalue weighted by Gasteiger charge is -2.19. The van der Waals surface area contributed by atoms with Crippen LogP contribution in [0.2, 0.25) is 0 Å². The summed E-state index contributed by atoms with van der Waals surface area (Å²) in [7, 11) is 0. The van der Waals surface area contributed by atoms with Crippen molar-refractivity contribution >= 4 is 5.97 Å². The molecule has 2 nitrogen and oxygen atoms in total. The third kappa shape index (κ3) is 0.815. The predicted molar refractivity (Wildman–Crippen MR) is 41.0 cm³/mol. The van der Waals surface area contributed by atoms with Crippen LogP contribution in [0.25, 0.3) is 0 Å². The van der Waals surface area contributed by atoms with E-state index in [1.54, 1.807) is 0 Å². The Morgan fingerprint density at radius 1 is 1.45 bits per heavy atom. The summed E-state index contributed by atoms with van der Waals surface area (Å²) in [6.07, 6.45) is 3.73. The molecule has 2 rings (SSSR count). The summed E-state index contributed by atoms with van der Waals surface area (Å²) in [6, 6.07) is 0. The molecule has 1 aliphatic carbocycles. The van der Waals surface area contributed by atoms with Crippen LogP contribution in [-0.4, -0.2) is 12.1 Å². The molecule has 62 valence electrons. The number of fused-ring (bicyclic) bond motifs is 1. The Balaban J connectivity index is 2.27. The van der Waals surface area contributed by atoms with Gasteiger partial charge in [0, 0.05) is 5.92 Å². The van der Waals surface area contributed by atoms with Gasteiger partial charge in [0.15, 0.2) is 0 Å². The van der Waals surface area contributed by atoms with Crippen molar-refractivity contribution in [2.24, 2.45) is 11.3 Å². The topological polar surface area (TPSA) is 26.3 Å². The van der Waals surface area contributed by atoms with Crippen LogP contribution in [0.4, 0.5) is 0 Å². The highest BCUT2D eigenvalue weighted by Crippen LogP contribution is 2.47. The van der Waals surface area contributed by atoms with E-state index in [0.717, 1.165) is 6.42 Å². The lowest BCUT2D eigenvalue weighted by molar-refractivity contribution is -0.147. The molecular formula is C9H14O2. The molecule has 11 heavy (non-hydrogen) atoms. The van der Waals surface area contributed by atoms with Gasteiger partial charge in [-0.3, -0.25) is 4.79 Å². The predicted octanol–water partition coefficient (Wildman–Crippen LogP) is 1.74. The average molecular weight is 154 g/mol. The molecule has 0 aromatic heterocycles. The van der Waals surface area contributed by atoms with Crippen molar-refractivity contribution in [3.8, 4) is 0 Å². The Bertz CT molecular complexity index is 196. The first-order chi connectivity index (χ1) is 5.12. The minimum Gasteiger partial charge on any atom is -0.462 e. The van der Waals surface area contributed by atoms with Gasteiger partial charge >= 0.3 is 5.97 Å². The zero-order valence-electron chi connectivity index (χ0n) is 7.09. The van der Waals surface area contributed by atoms with E-state index >= 15 is 0 Å². The molecule has 1 heterocycles. The minimum atomic E-state index is -0.207. The molecule has 0 aromatic rings. The summed E-state index contributed by atoms with van der Waals surface area (Å²) in [5.74, 6) is 0.502. The third-order valence-corrected chi connectivity index (χ3v) is 3.16. The molecule has 0 bridgehead atoms. The van der Waals surface area contributed by atoms with E-state index in [1.807, 2.05) is 13.8 Å². The quantitative estimate of drug-likeness (QED) is 0.497. The van der Waals surface area contributed by atoms with E-state index in [1.165, 1.54) is 12.8 Å². The molecule has 0 radical (unpaired) electrons.